The van der Waals surface area contributed by atoms with Crippen LogP contribution in [0.1, 0.15) is 78.4 Å². The third-order valence-corrected chi connectivity index (χ3v) is 9.73. The SMILES string of the molecule is C.C1CCOCC1.Cc1cc(=O)c(O)c(C(Cl)C(F)(F)F)n1C.Cc1cc(=O)c(O)c(C(N2CCOCC2)C(F)(F)F)n1C.Cc1cc(=O)c(O)c(C(O)C(F)(F)F)n1C.Cl. The van der Waals surface area contributed by atoms with E-state index in [9.17, 15) is 69.2 Å². The molecule has 0 aliphatic carbocycles. The Hall–Kier alpha value is -3.96. The first-order valence-corrected chi connectivity index (χ1v) is 18.1. The molecule has 0 aromatic carbocycles. The smallest absolute Gasteiger partial charge is 0.420 e. The zero-order chi connectivity index (χ0) is 45.4. The number of morpholine rings is 1. The highest BCUT2D eigenvalue weighted by Gasteiger charge is 2.48. The van der Waals surface area contributed by atoms with Gasteiger partial charge in [-0.1, -0.05) is 7.43 Å². The summed E-state index contributed by atoms with van der Waals surface area (Å²) in [6.07, 6.45) is -13.2. The molecule has 3 unspecified atom stereocenters. The Balaban J connectivity index is 0.000000822. The number of rotatable bonds is 4. The molecule has 5 rings (SSSR count). The second-order valence-electron chi connectivity index (χ2n) is 13.4. The number of aromatic nitrogens is 3. The number of ether oxygens (including phenoxy) is 2. The van der Waals surface area contributed by atoms with E-state index in [-0.39, 0.29) is 57.5 Å². The normalized spacial score (nSPS) is 16.1. The number of aryl methyl sites for hydroxylation is 3. The first-order valence-electron chi connectivity index (χ1n) is 17.7. The molecule has 3 aromatic heterocycles. The molecule has 3 aromatic rings. The van der Waals surface area contributed by atoms with E-state index in [0.717, 1.165) is 40.5 Å². The average Bonchev–Trinajstić information content (AvgIpc) is 3.15. The van der Waals surface area contributed by atoms with Crippen molar-refractivity contribution >= 4 is 24.0 Å². The van der Waals surface area contributed by atoms with Gasteiger partial charge in [-0.15, -0.1) is 24.0 Å². The molecular formula is C37H51Cl2F9N4O9. The third kappa shape index (κ3) is 15.1. The van der Waals surface area contributed by atoms with E-state index in [1.807, 2.05) is 0 Å². The number of hydrogen-bond acceptors (Lipinski definition) is 10. The van der Waals surface area contributed by atoms with Crippen molar-refractivity contribution in [2.45, 2.75) is 83.5 Å². The van der Waals surface area contributed by atoms with Crippen LogP contribution in [-0.4, -0.2) is 97.1 Å². The van der Waals surface area contributed by atoms with Crippen molar-refractivity contribution in [2.24, 2.45) is 21.1 Å². The minimum absolute atomic E-state index is 0. The van der Waals surface area contributed by atoms with Crippen LogP contribution in [0.2, 0.25) is 0 Å². The summed E-state index contributed by atoms with van der Waals surface area (Å²) in [4.78, 5) is 35.1. The van der Waals surface area contributed by atoms with Crippen molar-refractivity contribution in [3.8, 4) is 17.2 Å². The van der Waals surface area contributed by atoms with Gasteiger partial charge in [0.25, 0.3) is 0 Å². The van der Waals surface area contributed by atoms with Crippen LogP contribution in [0.5, 0.6) is 17.2 Å². The van der Waals surface area contributed by atoms with Gasteiger partial charge in [0.2, 0.25) is 16.3 Å². The lowest BCUT2D eigenvalue weighted by molar-refractivity contribution is -0.209. The summed E-state index contributed by atoms with van der Waals surface area (Å²) in [5.41, 5.74) is -3.69. The Morgan fingerprint density at radius 2 is 0.934 bits per heavy atom. The lowest BCUT2D eigenvalue weighted by Gasteiger charge is -2.36. The van der Waals surface area contributed by atoms with Crippen molar-refractivity contribution in [3.05, 3.63) is 83.0 Å². The number of hydrogen-bond donors (Lipinski definition) is 4. The monoisotopic (exact) mass is 936 g/mol. The van der Waals surface area contributed by atoms with Gasteiger partial charge in [-0.25, -0.2) is 0 Å². The molecular weight excluding hydrogens is 886 g/mol. The number of halogens is 11. The van der Waals surface area contributed by atoms with Gasteiger partial charge in [-0.2, -0.15) is 39.5 Å². The van der Waals surface area contributed by atoms with E-state index in [2.05, 4.69) is 0 Å². The van der Waals surface area contributed by atoms with Crippen LogP contribution in [0.15, 0.2) is 32.6 Å². The first-order chi connectivity index (χ1) is 27.0. The molecule has 0 bridgehead atoms. The molecule has 0 saturated carbocycles. The molecule has 4 N–H and O–H groups in total. The van der Waals surface area contributed by atoms with Crippen molar-refractivity contribution in [1.82, 2.24) is 18.6 Å². The van der Waals surface area contributed by atoms with E-state index >= 15 is 0 Å². The summed E-state index contributed by atoms with van der Waals surface area (Å²) >= 11 is 5.19. The molecule has 5 heterocycles. The molecule has 13 nitrogen and oxygen atoms in total. The van der Waals surface area contributed by atoms with Crippen LogP contribution in [0.3, 0.4) is 0 Å². The lowest BCUT2D eigenvalue weighted by Crippen LogP contribution is -2.46. The predicted molar refractivity (Wildman–Crippen MR) is 210 cm³/mol. The summed E-state index contributed by atoms with van der Waals surface area (Å²) in [7, 11) is 3.92. The standard InChI is InChI=1S/C13H17F3N2O3.C9H9ClF3NO2.C9H10F3NO3.C5H10O.CH4.ClH/c1-8-7-9(19)11(20)10(17(8)2)12(13(14,15)16)18-3-5-21-6-4-18;1-4-3-5(15)7(16)6(14(4)2)8(10)9(11,12)13;1-4-3-5(14)7(15)6(13(4)2)8(16)9(10,11)12;1-2-4-6-5-3-1;;/h7,12,20H,3-6H2,1-2H3;3,8,16H,1-2H3;3,8,15-16H,1-2H3;1-5H2;1H4;1H. The third-order valence-electron chi connectivity index (χ3n) is 9.27. The van der Waals surface area contributed by atoms with Crippen molar-refractivity contribution in [1.29, 1.82) is 0 Å². The van der Waals surface area contributed by atoms with Crippen molar-refractivity contribution in [2.75, 3.05) is 39.5 Å². The van der Waals surface area contributed by atoms with Crippen molar-refractivity contribution in [3.63, 3.8) is 0 Å². The molecule has 0 amide bonds. The first kappa shape index (κ1) is 57.0. The predicted octanol–water partition coefficient (Wildman–Crippen LogP) is 6.82. The Morgan fingerprint density at radius 3 is 1.26 bits per heavy atom. The van der Waals surface area contributed by atoms with Gasteiger partial charge in [0.1, 0.15) is 5.69 Å². The maximum atomic E-state index is 13.5. The Bertz CT molecular complexity index is 1960. The highest BCUT2D eigenvalue weighted by atomic mass is 35.5. The number of pyridine rings is 3. The summed E-state index contributed by atoms with van der Waals surface area (Å²) in [6.45, 7) is 6.92. The quantitative estimate of drug-likeness (QED) is 0.161. The zero-order valence-corrected chi connectivity index (χ0v) is 34.7. The molecule has 2 fully saturated rings. The van der Waals surface area contributed by atoms with E-state index in [1.54, 1.807) is 0 Å². The molecule has 0 spiro atoms. The van der Waals surface area contributed by atoms with Crippen LogP contribution in [0.25, 0.3) is 0 Å². The van der Waals surface area contributed by atoms with E-state index < -0.39 is 86.7 Å². The second kappa shape index (κ2) is 23.5. The number of nitrogens with zero attached hydrogens (tertiary/aromatic N) is 4. The Morgan fingerprint density at radius 1 is 0.590 bits per heavy atom. The minimum atomic E-state index is -4.94. The fourth-order valence-electron chi connectivity index (χ4n) is 5.77. The fourth-order valence-corrected chi connectivity index (χ4v) is 6.02. The Labute approximate surface area is 355 Å². The molecule has 350 valence electrons. The van der Waals surface area contributed by atoms with E-state index in [1.165, 1.54) is 70.6 Å². The van der Waals surface area contributed by atoms with Crippen LogP contribution in [0, 0.1) is 20.8 Å². The molecule has 0 radical (unpaired) electrons. The summed E-state index contributed by atoms with van der Waals surface area (Å²) in [6, 6.07) is 1.12. The van der Waals surface area contributed by atoms with Gasteiger partial charge in [-0.05, 0) is 40.0 Å². The van der Waals surface area contributed by atoms with Gasteiger partial charge in [0.15, 0.2) is 34.8 Å². The molecule has 61 heavy (non-hydrogen) atoms. The molecule has 24 heteroatoms. The highest BCUT2D eigenvalue weighted by Crippen LogP contribution is 2.42. The van der Waals surface area contributed by atoms with Crippen LogP contribution >= 0.6 is 24.0 Å². The summed E-state index contributed by atoms with van der Waals surface area (Å²) in [5.74, 6) is -2.90. The van der Waals surface area contributed by atoms with Crippen molar-refractivity contribution < 1.29 is 69.4 Å². The van der Waals surface area contributed by atoms with E-state index in [0.29, 0.717) is 5.69 Å². The largest absolute Gasteiger partial charge is 0.503 e. The second-order valence-corrected chi connectivity index (χ2v) is 13.9. The molecule has 2 aliphatic rings. The van der Waals surface area contributed by atoms with Gasteiger partial charge in [-0.3, -0.25) is 19.3 Å². The van der Waals surface area contributed by atoms with Crippen LogP contribution in [0.4, 0.5) is 39.5 Å². The zero-order valence-electron chi connectivity index (χ0n) is 33.1. The fraction of sp³-hybridized carbons (Fsp3) is 0.595. The summed E-state index contributed by atoms with van der Waals surface area (Å²) < 4.78 is 128. The molecule has 3 atom stereocenters. The number of aliphatic hydroxyl groups is 1. The van der Waals surface area contributed by atoms with E-state index in [4.69, 9.17) is 26.2 Å². The summed E-state index contributed by atoms with van der Waals surface area (Å²) in [5, 5.41) is 35.0. The molecule has 2 saturated heterocycles. The van der Waals surface area contributed by atoms with Gasteiger partial charge >= 0.3 is 18.5 Å². The van der Waals surface area contributed by atoms with Gasteiger partial charge in [0.05, 0.1) is 24.6 Å². The molecule has 2 aliphatic heterocycles. The Kier molecular flexibility index (Phi) is 22.0. The van der Waals surface area contributed by atoms with Crippen LogP contribution in [-0.2, 0) is 30.6 Å². The lowest BCUT2D eigenvalue weighted by atomic mass is 10.1. The minimum Gasteiger partial charge on any atom is -0.503 e. The maximum Gasteiger partial charge on any atom is 0.420 e. The maximum absolute atomic E-state index is 13.5. The van der Waals surface area contributed by atoms with Gasteiger partial charge < -0.3 is 43.6 Å². The highest BCUT2D eigenvalue weighted by molar-refractivity contribution is 6.21. The van der Waals surface area contributed by atoms with Crippen LogP contribution < -0.4 is 16.3 Å². The van der Waals surface area contributed by atoms with Gasteiger partial charge in [0, 0.05) is 82.7 Å². The number of alkyl halides is 10. The average molecular weight is 938 g/mol. The topological polar surface area (TPSA) is 169 Å². The number of aliphatic hydroxyl groups excluding tert-OH is 1. The number of aromatic hydroxyl groups is 3.